The molecule has 2 unspecified atom stereocenters. The third-order valence-corrected chi connectivity index (χ3v) is 3.68. The smallest absolute Gasteiger partial charge is 0.254 e. The molecule has 0 aromatic heterocycles. The summed E-state index contributed by atoms with van der Waals surface area (Å²) >= 11 is 0. The number of aliphatic hydroxyl groups is 1. The van der Waals surface area contributed by atoms with Crippen molar-refractivity contribution in [3.63, 3.8) is 0 Å². The van der Waals surface area contributed by atoms with E-state index in [1.807, 2.05) is 19.1 Å². The highest BCUT2D eigenvalue weighted by atomic mass is 16.3. The van der Waals surface area contributed by atoms with E-state index in [4.69, 9.17) is 5.73 Å². The van der Waals surface area contributed by atoms with Crippen LogP contribution in [0, 0.1) is 12.8 Å². The summed E-state index contributed by atoms with van der Waals surface area (Å²) in [7, 11) is 0. The number of aliphatic hydroxyl groups excluding tert-OH is 1. The number of nitrogens with two attached hydrogens (primary N) is 1. The van der Waals surface area contributed by atoms with Crippen LogP contribution < -0.4 is 5.73 Å². The number of likely N-dealkylation sites (tertiary alicyclic amines) is 1. The molecule has 1 aliphatic rings. The van der Waals surface area contributed by atoms with Gasteiger partial charge in [-0.2, -0.15) is 0 Å². The molecule has 0 saturated carbocycles. The van der Waals surface area contributed by atoms with Gasteiger partial charge in [0.25, 0.3) is 5.91 Å². The molecule has 1 aliphatic heterocycles. The summed E-state index contributed by atoms with van der Waals surface area (Å²) in [4.78, 5) is 14.2. The lowest BCUT2D eigenvalue weighted by atomic mass is 10.0. The first kappa shape index (κ1) is 12.9. The fourth-order valence-corrected chi connectivity index (χ4v) is 2.64. The van der Waals surface area contributed by atoms with Gasteiger partial charge >= 0.3 is 0 Å². The third kappa shape index (κ3) is 2.34. The number of carbonyl (C=O) groups is 1. The van der Waals surface area contributed by atoms with Crippen molar-refractivity contribution in [3.05, 3.63) is 29.3 Å². The summed E-state index contributed by atoms with van der Waals surface area (Å²) in [5, 5.41) is 9.39. The van der Waals surface area contributed by atoms with Crippen LogP contribution in [0.5, 0.6) is 0 Å². The van der Waals surface area contributed by atoms with Gasteiger partial charge in [0.05, 0.1) is 12.6 Å². The molecule has 98 valence electrons. The molecular formula is C14H20N2O2. The lowest BCUT2D eigenvalue weighted by molar-refractivity contribution is 0.0648. The molecular weight excluding hydrogens is 228 g/mol. The van der Waals surface area contributed by atoms with Crippen molar-refractivity contribution in [1.82, 2.24) is 4.90 Å². The first-order valence-electron chi connectivity index (χ1n) is 6.32. The zero-order chi connectivity index (χ0) is 13.3. The summed E-state index contributed by atoms with van der Waals surface area (Å²) in [6.07, 6.45) is 0.943. The average molecular weight is 248 g/mol. The maximum Gasteiger partial charge on any atom is 0.254 e. The molecule has 1 fully saturated rings. The SMILES string of the molecule is Cc1cc(N)cc(C(=O)N2CCC(C)C2CO)c1. The topological polar surface area (TPSA) is 66.6 Å². The second kappa shape index (κ2) is 4.98. The van der Waals surface area contributed by atoms with Gasteiger partial charge in [-0.05, 0) is 43.0 Å². The molecule has 4 heteroatoms. The Hall–Kier alpha value is -1.55. The molecule has 2 rings (SSSR count). The normalized spacial score (nSPS) is 23.4. The number of rotatable bonds is 2. The summed E-state index contributed by atoms with van der Waals surface area (Å²) in [5.74, 6) is 0.315. The Balaban J connectivity index is 2.25. The van der Waals surface area contributed by atoms with E-state index in [1.165, 1.54) is 0 Å². The molecule has 1 heterocycles. The number of carbonyl (C=O) groups excluding carboxylic acids is 1. The number of hydrogen-bond acceptors (Lipinski definition) is 3. The molecule has 1 aromatic carbocycles. The molecule has 2 atom stereocenters. The number of aryl methyl sites for hydroxylation is 1. The number of hydrogen-bond donors (Lipinski definition) is 2. The Labute approximate surface area is 107 Å². The number of anilines is 1. The van der Waals surface area contributed by atoms with Crippen LogP contribution in [-0.4, -0.2) is 35.1 Å². The van der Waals surface area contributed by atoms with E-state index in [0.717, 1.165) is 12.0 Å². The predicted octanol–water partition coefficient (Wildman–Crippen LogP) is 1.42. The zero-order valence-corrected chi connectivity index (χ0v) is 10.9. The Morgan fingerprint density at radius 3 is 2.83 bits per heavy atom. The summed E-state index contributed by atoms with van der Waals surface area (Å²) in [6.45, 7) is 4.72. The Kier molecular flexibility index (Phi) is 3.57. The van der Waals surface area contributed by atoms with Crippen LogP contribution in [0.2, 0.25) is 0 Å². The van der Waals surface area contributed by atoms with E-state index in [2.05, 4.69) is 6.92 Å². The van der Waals surface area contributed by atoms with Crippen molar-refractivity contribution in [2.24, 2.45) is 5.92 Å². The molecule has 18 heavy (non-hydrogen) atoms. The second-order valence-electron chi connectivity index (χ2n) is 5.15. The van der Waals surface area contributed by atoms with Gasteiger partial charge in [-0.15, -0.1) is 0 Å². The van der Waals surface area contributed by atoms with Crippen LogP contribution in [-0.2, 0) is 0 Å². The van der Waals surface area contributed by atoms with Gasteiger partial charge in [0, 0.05) is 17.8 Å². The van der Waals surface area contributed by atoms with Gasteiger partial charge in [-0.3, -0.25) is 4.79 Å². The fourth-order valence-electron chi connectivity index (χ4n) is 2.64. The lowest BCUT2D eigenvalue weighted by Crippen LogP contribution is -2.39. The molecule has 1 amide bonds. The highest BCUT2D eigenvalue weighted by molar-refractivity contribution is 5.95. The van der Waals surface area contributed by atoms with E-state index in [-0.39, 0.29) is 18.6 Å². The monoisotopic (exact) mass is 248 g/mol. The minimum Gasteiger partial charge on any atom is -0.399 e. The highest BCUT2D eigenvalue weighted by Crippen LogP contribution is 2.26. The number of nitrogens with zero attached hydrogens (tertiary/aromatic N) is 1. The van der Waals surface area contributed by atoms with Gasteiger partial charge in [0.2, 0.25) is 0 Å². The van der Waals surface area contributed by atoms with E-state index >= 15 is 0 Å². The molecule has 3 N–H and O–H groups in total. The maximum atomic E-state index is 12.4. The van der Waals surface area contributed by atoms with Crippen molar-refractivity contribution in [2.75, 3.05) is 18.9 Å². The van der Waals surface area contributed by atoms with Crippen molar-refractivity contribution in [2.45, 2.75) is 26.3 Å². The van der Waals surface area contributed by atoms with Gasteiger partial charge in [-0.25, -0.2) is 0 Å². The maximum absolute atomic E-state index is 12.4. The third-order valence-electron chi connectivity index (χ3n) is 3.68. The van der Waals surface area contributed by atoms with Crippen LogP contribution in [0.15, 0.2) is 18.2 Å². The van der Waals surface area contributed by atoms with Crippen molar-refractivity contribution < 1.29 is 9.90 Å². The van der Waals surface area contributed by atoms with Gasteiger partial charge in [0.1, 0.15) is 0 Å². The van der Waals surface area contributed by atoms with E-state index in [9.17, 15) is 9.90 Å². The van der Waals surface area contributed by atoms with Crippen molar-refractivity contribution in [3.8, 4) is 0 Å². The largest absolute Gasteiger partial charge is 0.399 e. The Bertz CT molecular complexity index is 439. The summed E-state index contributed by atoms with van der Waals surface area (Å²) < 4.78 is 0. The summed E-state index contributed by atoms with van der Waals surface area (Å²) in [5.41, 5.74) is 7.96. The van der Waals surface area contributed by atoms with Crippen molar-refractivity contribution in [1.29, 1.82) is 0 Å². The van der Waals surface area contributed by atoms with Crippen LogP contribution in [0.1, 0.15) is 29.3 Å². The van der Waals surface area contributed by atoms with Crippen LogP contribution in [0.4, 0.5) is 5.69 Å². The first-order valence-corrected chi connectivity index (χ1v) is 6.32. The second-order valence-corrected chi connectivity index (χ2v) is 5.15. The lowest BCUT2D eigenvalue weighted by Gasteiger charge is -2.25. The predicted molar refractivity (Wildman–Crippen MR) is 71.3 cm³/mol. The number of amides is 1. The molecule has 0 bridgehead atoms. The molecule has 0 spiro atoms. The van der Waals surface area contributed by atoms with Gasteiger partial charge in [-0.1, -0.05) is 6.92 Å². The number of benzene rings is 1. The highest BCUT2D eigenvalue weighted by Gasteiger charge is 2.34. The van der Waals surface area contributed by atoms with Crippen LogP contribution >= 0.6 is 0 Å². The zero-order valence-electron chi connectivity index (χ0n) is 10.9. The van der Waals surface area contributed by atoms with E-state index < -0.39 is 0 Å². The molecule has 1 saturated heterocycles. The van der Waals surface area contributed by atoms with Crippen molar-refractivity contribution >= 4 is 11.6 Å². The minimum atomic E-state index is -0.0702. The van der Waals surface area contributed by atoms with E-state index in [0.29, 0.717) is 23.7 Å². The van der Waals surface area contributed by atoms with Crippen LogP contribution in [0.3, 0.4) is 0 Å². The molecule has 0 aliphatic carbocycles. The Morgan fingerprint density at radius 1 is 1.50 bits per heavy atom. The van der Waals surface area contributed by atoms with Gasteiger partial charge in [0.15, 0.2) is 0 Å². The minimum absolute atomic E-state index is 0.0220. The standard InChI is InChI=1S/C14H20N2O2/c1-9-5-11(7-12(15)6-9)14(18)16-4-3-10(2)13(16)8-17/h5-7,10,13,17H,3-4,8,15H2,1-2H3. The molecule has 1 aromatic rings. The van der Waals surface area contributed by atoms with Gasteiger partial charge < -0.3 is 15.7 Å². The molecule has 0 radical (unpaired) electrons. The quantitative estimate of drug-likeness (QED) is 0.778. The summed E-state index contributed by atoms with van der Waals surface area (Å²) in [6, 6.07) is 5.31. The first-order chi connectivity index (χ1) is 8.52. The molecule has 4 nitrogen and oxygen atoms in total. The Morgan fingerprint density at radius 2 is 2.22 bits per heavy atom. The fraction of sp³-hybridized carbons (Fsp3) is 0.500. The average Bonchev–Trinajstić information content (AvgIpc) is 2.68. The van der Waals surface area contributed by atoms with E-state index in [1.54, 1.807) is 11.0 Å². The van der Waals surface area contributed by atoms with Crippen LogP contribution in [0.25, 0.3) is 0 Å². The number of nitrogen functional groups attached to an aromatic ring is 1.